The number of thiophene rings is 1. The quantitative estimate of drug-likeness (QED) is 0.873. The third kappa shape index (κ3) is 3.76. The molecule has 0 aliphatic carbocycles. The first-order valence-corrected chi connectivity index (χ1v) is 8.90. The van der Waals surface area contributed by atoms with Crippen molar-refractivity contribution in [3.8, 4) is 0 Å². The third-order valence-electron chi connectivity index (χ3n) is 4.25. The van der Waals surface area contributed by atoms with Crippen molar-refractivity contribution in [2.45, 2.75) is 19.4 Å². The highest BCUT2D eigenvalue weighted by atomic mass is 32.1. The smallest absolute Gasteiger partial charge is 0.308 e. The molecule has 6 heteroatoms. The van der Waals surface area contributed by atoms with Gasteiger partial charge in [0, 0.05) is 30.2 Å². The predicted molar refractivity (Wildman–Crippen MR) is 94.4 cm³/mol. The zero-order chi connectivity index (χ0) is 16.9. The first kappa shape index (κ1) is 16.5. The van der Waals surface area contributed by atoms with Crippen LogP contribution in [-0.4, -0.2) is 35.0 Å². The average Bonchev–Trinajstić information content (AvgIpc) is 3.13. The molecule has 1 atom stereocenters. The summed E-state index contributed by atoms with van der Waals surface area (Å²) in [6.07, 6.45) is 1.37. The van der Waals surface area contributed by atoms with Crippen molar-refractivity contribution in [2.24, 2.45) is 5.92 Å². The first-order chi connectivity index (χ1) is 11.6. The minimum atomic E-state index is -0.823. The Bertz CT molecular complexity index is 715. The van der Waals surface area contributed by atoms with Gasteiger partial charge < -0.3 is 15.3 Å². The number of carbonyl (C=O) groups is 2. The molecule has 3 rings (SSSR count). The number of hydrogen-bond donors (Lipinski definition) is 2. The van der Waals surface area contributed by atoms with E-state index >= 15 is 0 Å². The Hall–Kier alpha value is -2.34. The minimum Gasteiger partial charge on any atom is -0.481 e. The van der Waals surface area contributed by atoms with E-state index in [2.05, 4.69) is 5.32 Å². The molecule has 1 fully saturated rings. The van der Waals surface area contributed by atoms with Crippen LogP contribution in [0.3, 0.4) is 0 Å². The monoisotopic (exact) mass is 344 g/mol. The average molecular weight is 344 g/mol. The molecule has 1 aromatic carbocycles. The zero-order valence-corrected chi connectivity index (χ0v) is 14.1. The molecular formula is C18H20N2O3S. The lowest BCUT2D eigenvalue weighted by Crippen LogP contribution is -2.42. The number of likely N-dealkylation sites (tertiary alicyclic amines) is 1. The van der Waals surface area contributed by atoms with Crippen LogP contribution in [0.15, 0.2) is 41.8 Å². The molecule has 1 aromatic heterocycles. The Morgan fingerprint density at radius 1 is 1.25 bits per heavy atom. The molecule has 0 spiro atoms. The molecule has 0 radical (unpaired) electrons. The maximum absolute atomic E-state index is 12.8. The van der Waals surface area contributed by atoms with Gasteiger partial charge in [0.05, 0.1) is 11.5 Å². The Balaban J connectivity index is 1.73. The van der Waals surface area contributed by atoms with E-state index in [1.54, 1.807) is 22.3 Å². The van der Waals surface area contributed by atoms with E-state index in [1.165, 1.54) is 4.88 Å². The third-order valence-corrected chi connectivity index (χ3v) is 5.12. The summed E-state index contributed by atoms with van der Waals surface area (Å²) < 4.78 is 0. The van der Waals surface area contributed by atoms with Crippen LogP contribution in [0.4, 0.5) is 5.69 Å². The second-order valence-electron chi connectivity index (χ2n) is 5.91. The lowest BCUT2D eigenvalue weighted by molar-refractivity contribution is -0.143. The van der Waals surface area contributed by atoms with E-state index in [1.807, 2.05) is 35.7 Å². The van der Waals surface area contributed by atoms with Gasteiger partial charge in [-0.3, -0.25) is 9.59 Å². The van der Waals surface area contributed by atoms with Gasteiger partial charge in [-0.05, 0) is 36.4 Å². The van der Waals surface area contributed by atoms with Crippen LogP contribution in [0.2, 0.25) is 0 Å². The number of piperidine rings is 1. The summed E-state index contributed by atoms with van der Waals surface area (Å²) in [7, 11) is 0. The summed E-state index contributed by atoms with van der Waals surface area (Å²) in [5, 5.41) is 14.5. The molecule has 5 nitrogen and oxygen atoms in total. The number of nitrogens with one attached hydrogen (secondary N) is 1. The van der Waals surface area contributed by atoms with E-state index in [-0.39, 0.29) is 12.5 Å². The lowest BCUT2D eigenvalue weighted by Gasteiger charge is -2.31. The van der Waals surface area contributed by atoms with Crippen molar-refractivity contribution in [3.63, 3.8) is 0 Å². The van der Waals surface area contributed by atoms with Gasteiger partial charge in [0.1, 0.15) is 0 Å². The van der Waals surface area contributed by atoms with Crippen molar-refractivity contribution in [1.29, 1.82) is 0 Å². The molecule has 126 valence electrons. The largest absolute Gasteiger partial charge is 0.481 e. The van der Waals surface area contributed by atoms with Crippen LogP contribution in [0.1, 0.15) is 28.1 Å². The van der Waals surface area contributed by atoms with E-state index in [4.69, 9.17) is 0 Å². The highest BCUT2D eigenvalue weighted by Gasteiger charge is 2.29. The molecule has 2 heterocycles. The van der Waals surface area contributed by atoms with Crippen LogP contribution in [0.5, 0.6) is 0 Å². The summed E-state index contributed by atoms with van der Waals surface area (Å²) in [5.74, 6) is -1.39. The molecular weight excluding hydrogens is 324 g/mol. The molecule has 1 aliphatic rings. The fraction of sp³-hybridized carbons (Fsp3) is 0.333. The Kier molecular flexibility index (Phi) is 5.15. The van der Waals surface area contributed by atoms with Crippen LogP contribution in [0, 0.1) is 5.92 Å². The topological polar surface area (TPSA) is 69.6 Å². The number of rotatable bonds is 5. The van der Waals surface area contributed by atoms with E-state index < -0.39 is 11.9 Å². The molecule has 1 saturated heterocycles. The fourth-order valence-corrected chi connectivity index (χ4v) is 3.60. The minimum absolute atomic E-state index is 0.102. The van der Waals surface area contributed by atoms with E-state index in [0.717, 1.165) is 12.1 Å². The zero-order valence-electron chi connectivity index (χ0n) is 13.3. The van der Waals surface area contributed by atoms with Crippen molar-refractivity contribution in [2.75, 3.05) is 18.4 Å². The van der Waals surface area contributed by atoms with Crippen molar-refractivity contribution >= 4 is 28.9 Å². The number of benzene rings is 1. The van der Waals surface area contributed by atoms with Gasteiger partial charge in [-0.15, -0.1) is 11.3 Å². The highest BCUT2D eigenvalue weighted by Crippen LogP contribution is 2.23. The van der Waals surface area contributed by atoms with Crippen LogP contribution < -0.4 is 5.32 Å². The summed E-state index contributed by atoms with van der Waals surface area (Å²) in [4.78, 5) is 26.9. The molecule has 1 amide bonds. The predicted octanol–water partition coefficient (Wildman–Crippen LogP) is 3.30. The number of carboxylic acids is 1. The number of carboxylic acid groups (broad SMARTS) is 1. The van der Waals surface area contributed by atoms with Crippen LogP contribution >= 0.6 is 11.3 Å². The van der Waals surface area contributed by atoms with Gasteiger partial charge in [0.25, 0.3) is 5.91 Å². The summed E-state index contributed by atoms with van der Waals surface area (Å²) >= 11 is 1.66. The van der Waals surface area contributed by atoms with Crippen molar-refractivity contribution in [1.82, 2.24) is 4.90 Å². The second-order valence-corrected chi connectivity index (χ2v) is 6.94. The van der Waals surface area contributed by atoms with Crippen molar-refractivity contribution < 1.29 is 14.7 Å². The first-order valence-electron chi connectivity index (χ1n) is 8.02. The Morgan fingerprint density at radius 2 is 2.08 bits per heavy atom. The van der Waals surface area contributed by atoms with Gasteiger partial charge in [-0.2, -0.15) is 0 Å². The number of hydrogen-bond acceptors (Lipinski definition) is 4. The molecule has 24 heavy (non-hydrogen) atoms. The summed E-state index contributed by atoms with van der Waals surface area (Å²) in [5.41, 5.74) is 1.38. The van der Waals surface area contributed by atoms with Crippen LogP contribution in [-0.2, 0) is 11.3 Å². The lowest BCUT2D eigenvalue weighted by atomic mass is 9.97. The molecule has 2 N–H and O–H groups in total. The van der Waals surface area contributed by atoms with Gasteiger partial charge >= 0.3 is 5.97 Å². The van der Waals surface area contributed by atoms with Gasteiger partial charge in [0.2, 0.25) is 0 Å². The van der Waals surface area contributed by atoms with E-state index in [0.29, 0.717) is 25.1 Å². The molecule has 1 aliphatic heterocycles. The standard InChI is InChI=1S/C18H20N2O3S/c21-17(20-9-3-5-13(12-20)18(22)23)15-7-1-2-8-16(15)19-11-14-6-4-10-24-14/h1-2,4,6-8,10,13,19H,3,5,9,11-12H2,(H,22,23)/t13-/m1/s1. The number of para-hydroxylation sites is 1. The molecule has 0 saturated carbocycles. The number of anilines is 1. The molecule has 0 bridgehead atoms. The van der Waals surface area contributed by atoms with Gasteiger partial charge in [-0.25, -0.2) is 0 Å². The summed E-state index contributed by atoms with van der Waals surface area (Å²) in [6.45, 7) is 1.56. The van der Waals surface area contributed by atoms with Crippen molar-refractivity contribution in [3.05, 3.63) is 52.2 Å². The number of amides is 1. The molecule has 2 aromatic rings. The maximum Gasteiger partial charge on any atom is 0.308 e. The Morgan fingerprint density at radius 3 is 2.83 bits per heavy atom. The van der Waals surface area contributed by atoms with Gasteiger partial charge in [-0.1, -0.05) is 18.2 Å². The SMILES string of the molecule is O=C(O)[C@@H]1CCCN(C(=O)c2ccccc2NCc2cccs2)C1. The summed E-state index contributed by atoms with van der Waals surface area (Å²) in [6, 6.07) is 11.5. The van der Waals surface area contributed by atoms with Crippen LogP contribution in [0.25, 0.3) is 0 Å². The second kappa shape index (κ2) is 7.49. The number of aliphatic carboxylic acids is 1. The Labute approximate surface area is 144 Å². The number of nitrogens with zero attached hydrogens (tertiary/aromatic N) is 1. The normalized spacial score (nSPS) is 17.5. The maximum atomic E-state index is 12.8. The number of carbonyl (C=O) groups excluding carboxylic acids is 1. The molecule has 0 unspecified atom stereocenters. The highest BCUT2D eigenvalue weighted by molar-refractivity contribution is 7.09. The fourth-order valence-electron chi connectivity index (χ4n) is 2.95. The van der Waals surface area contributed by atoms with Gasteiger partial charge in [0.15, 0.2) is 0 Å². The van der Waals surface area contributed by atoms with E-state index in [9.17, 15) is 14.7 Å².